The lowest BCUT2D eigenvalue weighted by atomic mass is 10.1. The van der Waals surface area contributed by atoms with Crippen LogP contribution in [0, 0.1) is 0 Å². The molecule has 0 atom stereocenters. The zero-order chi connectivity index (χ0) is 13.1. The van der Waals surface area contributed by atoms with Crippen LogP contribution in [-0.2, 0) is 0 Å². The van der Waals surface area contributed by atoms with Gasteiger partial charge in [0.2, 0.25) is 0 Å². The molecule has 2 aromatic carbocycles. The molecular formula is C17H10N2O. The quantitative estimate of drug-likeness (QED) is 0.412. The summed E-state index contributed by atoms with van der Waals surface area (Å²) in [5.74, 6) is 0. The van der Waals surface area contributed by atoms with Crippen molar-refractivity contribution in [2.45, 2.75) is 0 Å². The number of hydrogen-bond donors (Lipinski definition) is 0. The van der Waals surface area contributed by atoms with Crippen LogP contribution in [0.3, 0.4) is 0 Å². The van der Waals surface area contributed by atoms with Crippen LogP contribution in [-0.4, -0.2) is 9.38 Å². The fraction of sp³-hybridized carbons (Fsp3) is 0. The number of furan rings is 1. The number of benzene rings is 2. The molecule has 20 heavy (non-hydrogen) atoms. The van der Waals surface area contributed by atoms with Crippen molar-refractivity contribution in [2.24, 2.45) is 0 Å². The number of aromatic nitrogens is 2. The number of imidazole rings is 1. The van der Waals surface area contributed by atoms with E-state index in [0.717, 1.165) is 33.0 Å². The molecule has 3 heterocycles. The molecule has 0 spiro atoms. The van der Waals surface area contributed by atoms with E-state index >= 15 is 0 Å². The zero-order valence-electron chi connectivity index (χ0n) is 10.6. The van der Waals surface area contributed by atoms with Gasteiger partial charge in [0, 0.05) is 22.4 Å². The third kappa shape index (κ3) is 1.08. The molecule has 94 valence electrons. The first-order valence-corrected chi connectivity index (χ1v) is 6.58. The molecule has 3 aromatic heterocycles. The number of rotatable bonds is 0. The summed E-state index contributed by atoms with van der Waals surface area (Å²) in [6, 6.07) is 16.4. The van der Waals surface area contributed by atoms with E-state index in [-0.39, 0.29) is 0 Å². The minimum absolute atomic E-state index is 0.913. The maximum Gasteiger partial charge on any atom is 0.144 e. The summed E-state index contributed by atoms with van der Waals surface area (Å²) in [5, 5.41) is 3.37. The van der Waals surface area contributed by atoms with Crippen molar-refractivity contribution in [1.29, 1.82) is 0 Å². The molecule has 0 bridgehead atoms. The van der Waals surface area contributed by atoms with Gasteiger partial charge in [-0.1, -0.05) is 30.3 Å². The van der Waals surface area contributed by atoms with Gasteiger partial charge in [-0.05, 0) is 18.2 Å². The number of nitrogens with zero attached hydrogens (tertiary/aromatic N) is 2. The van der Waals surface area contributed by atoms with Crippen molar-refractivity contribution in [3.05, 3.63) is 61.0 Å². The average molecular weight is 258 g/mol. The summed E-state index contributed by atoms with van der Waals surface area (Å²) in [6.45, 7) is 0. The number of fused-ring (bicyclic) bond motifs is 8. The summed E-state index contributed by atoms with van der Waals surface area (Å²) in [6.07, 6.45) is 3.80. The molecule has 0 saturated carbocycles. The van der Waals surface area contributed by atoms with Gasteiger partial charge in [0.25, 0.3) is 0 Å². The molecular weight excluding hydrogens is 248 g/mol. The van der Waals surface area contributed by atoms with E-state index in [1.807, 2.05) is 30.3 Å². The summed E-state index contributed by atoms with van der Waals surface area (Å²) in [5.41, 5.74) is 4.02. The Hall–Kier alpha value is -2.81. The van der Waals surface area contributed by atoms with Crippen LogP contribution in [0.4, 0.5) is 0 Å². The second-order valence-corrected chi connectivity index (χ2v) is 4.95. The highest BCUT2D eigenvalue weighted by atomic mass is 16.3. The largest absolute Gasteiger partial charge is 0.464 e. The molecule has 0 unspecified atom stereocenters. The Bertz CT molecular complexity index is 1100. The molecule has 0 fully saturated rings. The molecule has 5 aromatic rings. The van der Waals surface area contributed by atoms with Gasteiger partial charge in [-0.15, -0.1) is 0 Å². The molecule has 0 aliphatic heterocycles. The highest BCUT2D eigenvalue weighted by Gasteiger charge is 2.15. The lowest BCUT2D eigenvalue weighted by Gasteiger charge is -2.02. The van der Waals surface area contributed by atoms with Gasteiger partial charge in [0.05, 0.1) is 11.8 Å². The van der Waals surface area contributed by atoms with E-state index in [0.29, 0.717) is 0 Å². The van der Waals surface area contributed by atoms with Crippen LogP contribution < -0.4 is 0 Å². The molecule has 0 N–H and O–H groups in total. The minimum Gasteiger partial charge on any atom is -0.464 e. The minimum atomic E-state index is 0.913. The zero-order valence-corrected chi connectivity index (χ0v) is 10.6. The van der Waals surface area contributed by atoms with E-state index in [1.165, 1.54) is 5.39 Å². The Morgan fingerprint density at radius 3 is 2.65 bits per heavy atom. The predicted octanol–water partition coefficient (Wildman–Crippen LogP) is 4.39. The lowest BCUT2D eigenvalue weighted by Crippen LogP contribution is -1.84. The SMILES string of the molecule is c1ccc2c(c1)c1occc1c1nc3ccccn3c21. The highest BCUT2D eigenvalue weighted by molar-refractivity contribution is 6.22. The normalized spacial score (nSPS) is 12.0. The third-order valence-corrected chi connectivity index (χ3v) is 3.88. The predicted molar refractivity (Wildman–Crippen MR) is 80.0 cm³/mol. The Balaban J connectivity index is 2.27. The summed E-state index contributed by atoms with van der Waals surface area (Å²) < 4.78 is 7.83. The second-order valence-electron chi connectivity index (χ2n) is 4.95. The topological polar surface area (TPSA) is 30.4 Å². The van der Waals surface area contributed by atoms with Crippen LogP contribution in [0.2, 0.25) is 0 Å². The average Bonchev–Trinajstić information content (AvgIpc) is 3.12. The Morgan fingerprint density at radius 2 is 1.70 bits per heavy atom. The van der Waals surface area contributed by atoms with Crippen LogP contribution in [0.5, 0.6) is 0 Å². The maximum atomic E-state index is 5.69. The van der Waals surface area contributed by atoms with Crippen molar-refractivity contribution in [3.8, 4) is 0 Å². The highest BCUT2D eigenvalue weighted by Crippen LogP contribution is 2.35. The smallest absolute Gasteiger partial charge is 0.144 e. The fourth-order valence-corrected chi connectivity index (χ4v) is 3.03. The van der Waals surface area contributed by atoms with Crippen molar-refractivity contribution < 1.29 is 4.42 Å². The van der Waals surface area contributed by atoms with Crippen LogP contribution in [0.15, 0.2) is 65.4 Å². The lowest BCUT2D eigenvalue weighted by molar-refractivity contribution is 0.619. The van der Waals surface area contributed by atoms with Crippen molar-refractivity contribution >= 4 is 38.4 Å². The first-order chi connectivity index (χ1) is 9.93. The van der Waals surface area contributed by atoms with E-state index in [9.17, 15) is 0 Å². The van der Waals surface area contributed by atoms with Crippen molar-refractivity contribution in [2.75, 3.05) is 0 Å². The fourth-order valence-electron chi connectivity index (χ4n) is 3.03. The van der Waals surface area contributed by atoms with Gasteiger partial charge in [-0.3, -0.25) is 4.40 Å². The number of hydrogen-bond acceptors (Lipinski definition) is 2. The van der Waals surface area contributed by atoms with E-state index in [1.54, 1.807) is 6.26 Å². The van der Waals surface area contributed by atoms with Gasteiger partial charge in [0.15, 0.2) is 0 Å². The third-order valence-electron chi connectivity index (χ3n) is 3.88. The van der Waals surface area contributed by atoms with E-state index in [4.69, 9.17) is 9.40 Å². The van der Waals surface area contributed by atoms with Crippen LogP contribution in [0.25, 0.3) is 38.4 Å². The van der Waals surface area contributed by atoms with Gasteiger partial charge in [0.1, 0.15) is 16.7 Å². The standard InChI is InChI=1S/C17H10N2O/c1-2-6-12-11(5-1)16-15(13-8-10-20-17(12)13)18-14-7-3-4-9-19(14)16/h1-10H. The van der Waals surface area contributed by atoms with Gasteiger partial charge in [-0.25, -0.2) is 4.98 Å². The van der Waals surface area contributed by atoms with Gasteiger partial charge >= 0.3 is 0 Å². The Labute approximate surface area is 114 Å². The second kappa shape index (κ2) is 3.39. The maximum absolute atomic E-state index is 5.69. The molecule has 3 nitrogen and oxygen atoms in total. The van der Waals surface area contributed by atoms with Crippen molar-refractivity contribution in [1.82, 2.24) is 9.38 Å². The van der Waals surface area contributed by atoms with Gasteiger partial charge in [-0.2, -0.15) is 0 Å². The van der Waals surface area contributed by atoms with E-state index < -0.39 is 0 Å². The molecule has 5 rings (SSSR count). The first kappa shape index (κ1) is 10.0. The molecule has 0 aliphatic carbocycles. The molecule has 0 amide bonds. The molecule has 0 radical (unpaired) electrons. The van der Waals surface area contributed by atoms with Gasteiger partial charge < -0.3 is 4.42 Å². The summed E-state index contributed by atoms with van der Waals surface area (Å²) in [4.78, 5) is 4.77. The monoisotopic (exact) mass is 258 g/mol. The summed E-state index contributed by atoms with van der Waals surface area (Å²) in [7, 11) is 0. The van der Waals surface area contributed by atoms with Crippen LogP contribution in [0.1, 0.15) is 0 Å². The Morgan fingerprint density at radius 1 is 0.850 bits per heavy atom. The molecule has 3 heteroatoms. The van der Waals surface area contributed by atoms with Crippen molar-refractivity contribution in [3.63, 3.8) is 0 Å². The first-order valence-electron chi connectivity index (χ1n) is 6.58. The Kier molecular flexibility index (Phi) is 1.70. The van der Waals surface area contributed by atoms with E-state index in [2.05, 4.69) is 28.8 Å². The summed E-state index contributed by atoms with van der Waals surface area (Å²) >= 11 is 0. The van der Waals surface area contributed by atoms with Crippen LogP contribution >= 0.6 is 0 Å². The molecule has 0 saturated heterocycles. The number of pyridine rings is 1. The molecule has 0 aliphatic rings.